The fourth-order valence-corrected chi connectivity index (χ4v) is 1.31. The molecular formula is C12H16ClN3O2. The highest BCUT2D eigenvalue weighted by atomic mass is 35.5. The monoisotopic (exact) mass is 269 g/mol. The van der Waals surface area contributed by atoms with Crippen LogP contribution in [-0.2, 0) is 9.59 Å². The van der Waals surface area contributed by atoms with Crippen LogP contribution in [0.25, 0.3) is 0 Å². The largest absolute Gasteiger partial charge is 0.348 e. The van der Waals surface area contributed by atoms with E-state index in [0.29, 0.717) is 10.7 Å². The normalized spacial score (nSPS) is 9.94. The molecule has 6 heteroatoms. The van der Waals surface area contributed by atoms with E-state index in [0.717, 1.165) is 0 Å². The van der Waals surface area contributed by atoms with Gasteiger partial charge in [-0.05, 0) is 24.3 Å². The SMILES string of the molecule is CN(C)C(=O)CNCC(=O)Nc1ccc(Cl)cc1. The third kappa shape index (κ3) is 5.16. The molecule has 0 bridgehead atoms. The van der Waals surface area contributed by atoms with Gasteiger partial charge in [-0.3, -0.25) is 14.9 Å². The highest BCUT2D eigenvalue weighted by Gasteiger charge is 2.05. The maximum Gasteiger partial charge on any atom is 0.238 e. The van der Waals surface area contributed by atoms with Crippen LogP contribution in [0.2, 0.25) is 5.02 Å². The molecule has 2 amide bonds. The van der Waals surface area contributed by atoms with Crippen molar-refractivity contribution in [2.75, 3.05) is 32.5 Å². The predicted octanol–water partition coefficient (Wildman–Crippen LogP) is 0.956. The first-order chi connectivity index (χ1) is 8.49. The van der Waals surface area contributed by atoms with Gasteiger partial charge in [-0.15, -0.1) is 0 Å². The van der Waals surface area contributed by atoms with E-state index in [1.54, 1.807) is 38.4 Å². The van der Waals surface area contributed by atoms with E-state index in [1.165, 1.54) is 4.90 Å². The van der Waals surface area contributed by atoms with Gasteiger partial charge in [0.25, 0.3) is 0 Å². The number of benzene rings is 1. The second kappa shape index (κ2) is 6.98. The molecule has 0 saturated heterocycles. The van der Waals surface area contributed by atoms with Crippen LogP contribution in [0, 0.1) is 0 Å². The van der Waals surface area contributed by atoms with Crippen LogP contribution in [0.15, 0.2) is 24.3 Å². The Morgan fingerprint density at radius 2 is 1.78 bits per heavy atom. The van der Waals surface area contributed by atoms with E-state index in [2.05, 4.69) is 10.6 Å². The highest BCUT2D eigenvalue weighted by molar-refractivity contribution is 6.30. The fraction of sp³-hybridized carbons (Fsp3) is 0.333. The van der Waals surface area contributed by atoms with Gasteiger partial charge in [-0.1, -0.05) is 11.6 Å². The smallest absolute Gasteiger partial charge is 0.238 e. The number of carbonyl (C=O) groups excluding carboxylic acids is 2. The number of rotatable bonds is 5. The lowest BCUT2D eigenvalue weighted by Crippen LogP contribution is -2.37. The van der Waals surface area contributed by atoms with Crippen LogP contribution >= 0.6 is 11.6 Å². The first kappa shape index (κ1) is 14.5. The van der Waals surface area contributed by atoms with E-state index in [1.807, 2.05) is 0 Å². The third-order valence-electron chi connectivity index (χ3n) is 2.19. The molecule has 2 N–H and O–H groups in total. The van der Waals surface area contributed by atoms with Gasteiger partial charge in [0.15, 0.2) is 0 Å². The van der Waals surface area contributed by atoms with Gasteiger partial charge in [0.2, 0.25) is 11.8 Å². The van der Waals surface area contributed by atoms with Crippen LogP contribution < -0.4 is 10.6 Å². The van der Waals surface area contributed by atoms with Crippen molar-refractivity contribution in [1.82, 2.24) is 10.2 Å². The molecule has 0 heterocycles. The number of anilines is 1. The summed E-state index contributed by atoms with van der Waals surface area (Å²) < 4.78 is 0. The summed E-state index contributed by atoms with van der Waals surface area (Å²) in [5.74, 6) is -0.279. The molecule has 1 rings (SSSR count). The first-order valence-corrected chi connectivity index (χ1v) is 5.83. The summed E-state index contributed by atoms with van der Waals surface area (Å²) in [4.78, 5) is 24.2. The number of hydrogen-bond donors (Lipinski definition) is 2. The van der Waals surface area contributed by atoms with Gasteiger partial charge in [0.05, 0.1) is 13.1 Å². The van der Waals surface area contributed by atoms with Crippen molar-refractivity contribution in [2.45, 2.75) is 0 Å². The maximum absolute atomic E-state index is 11.5. The standard InChI is InChI=1S/C12H16ClN3O2/c1-16(2)12(18)8-14-7-11(17)15-10-5-3-9(13)4-6-10/h3-6,14H,7-8H2,1-2H3,(H,15,17). The lowest BCUT2D eigenvalue weighted by molar-refractivity contribution is -0.127. The summed E-state index contributed by atoms with van der Waals surface area (Å²) in [6.45, 7) is 0.225. The first-order valence-electron chi connectivity index (χ1n) is 5.45. The topological polar surface area (TPSA) is 61.4 Å². The molecule has 98 valence electrons. The molecule has 5 nitrogen and oxygen atoms in total. The number of nitrogens with one attached hydrogen (secondary N) is 2. The Labute approximate surface area is 111 Å². The van der Waals surface area contributed by atoms with Crippen molar-refractivity contribution in [2.24, 2.45) is 0 Å². The van der Waals surface area contributed by atoms with E-state index in [9.17, 15) is 9.59 Å². The number of likely N-dealkylation sites (N-methyl/N-ethyl adjacent to an activating group) is 1. The number of hydrogen-bond acceptors (Lipinski definition) is 3. The van der Waals surface area contributed by atoms with Gasteiger partial charge >= 0.3 is 0 Å². The van der Waals surface area contributed by atoms with Crippen molar-refractivity contribution in [3.8, 4) is 0 Å². The van der Waals surface area contributed by atoms with Gasteiger partial charge < -0.3 is 10.2 Å². The summed E-state index contributed by atoms with van der Waals surface area (Å²) in [6, 6.07) is 6.82. The van der Waals surface area contributed by atoms with E-state index < -0.39 is 0 Å². The maximum atomic E-state index is 11.5. The van der Waals surface area contributed by atoms with Crippen LogP contribution in [0.4, 0.5) is 5.69 Å². The van der Waals surface area contributed by atoms with E-state index in [4.69, 9.17) is 11.6 Å². The zero-order valence-corrected chi connectivity index (χ0v) is 11.1. The molecule has 0 aliphatic heterocycles. The number of amides is 2. The number of halogens is 1. The van der Waals surface area contributed by atoms with Crippen LogP contribution in [0.3, 0.4) is 0 Å². The molecule has 0 saturated carbocycles. The average molecular weight is 270 g/mol. The number of carbonyl (C=O) groups is 2. The minimum absolute atomic E-state index is 0.0747. The summed E-state index contributed by atoms with van der Waals surface area (Å²) in [7, 11) is 3.33. The second-order valence-electron chi connectivity index (χ2n) is 3.95. The molecule has 0 aliphatic carbocycles. The van der Waals surface area contributed by atoms with Crippen molar-refractivity contribution < 1.29 is 9.59 Å². The molecule has 0 unspecified atom stereocenters. The van der Waals surface area contributed by atoms with Crippen molar-refractivity contribution in [3.05, 3.63) is 29.3 Å². The van der Waals surface area contributed by atoms with Crippen molar-refractivity contribution in [3.63, 3.8) is 0 Å². The third-order valence-corrected chi connectivity index (χ3v) is 2.44. The quantitative estimate of drug-likeness (QED) is 0.837. The minimum Gasteiger partial charge on any atom is -0.348 e. The van der Waals surface area contributed by atoms with Gasteiger partial charge in [-0.2, -0.15) is 0 Å². The van der Waals surface area contributed by atoms with Gasteiger partial charge in [0.1, 0.15) is 0 Å². The van der Waals surface area contributed by atoms with Crippen LogP contribution in [0.5, 0.6) is 0 Å². The fourth-order valence-electron chi connectivity index (χ4n) is 1.18. The Bertz CT molecular complexity index is 418. The predicted molar refractivity (Wildman–Crippen MR) is 71.6 cm³/mol. The molecule has 18 heavy (non-hydrogen) atoms. The molecule has 0 spiro atoms. The van der Waals surface area contributed by atoms with Crippen molar-refractivity contribution in [1.29, 1.82) is 0 Å². The van der Waals surface area contributed by atoms with Gasteiger partial charge in [0, 0.05) is 24.8 Å². The average Bonchev–Trinajstić information content (AvgIpc) is 2.32. The zero-order valence-electron chi connectivity index (χ0n) is 10.4. The van der Waals surface area contributed by atoms with Crippen molar-refractivity contribution >= 4 is 29.1 Å². The second-order valence-corrected chi connectivity index (χ2v) is 4.38. The molecular weight excluding hydrogens is 254 g/mol. The Balaban J connectivity index is 2.30. The minimum atomic E-state index is -0.205. The summed E-state index contributed by atoms with van der Waals surface area (Å²) in [5, 5.41) is 6.07. The Hall–Kier alpha value is -1.59. The summed E-state index contributed by atoms with van der Waals surface area (Å²) in [5.41, 5.74) is 0.671. The molecule has 0 aromatic heterocycles. The number of nitrogens with zero attached hydrogens (tertiary/aromatic N) is 1. The molecule has 0 atom stereocenters. The molecule has 0 radical (unpaired) electrons. The van der Waals surface area contributed by atoms with Gasteiger partial charge in [-0.25, -0.2) is 0 Å². The molecule has 1 aromatic carbocycles. The molecule has 0 aliphatic rings. The molecule has 1 aromatic rings. The lowest BCUT2D eigenvalue weighted by atomic mass is 10.3. The van der Waals surface area contributed by atoms with E-state index >= 15 is 0 Å². The Morgan fingerprint density at radius 3 is 2.33 bits per heavy atom. The summed E-state index contributed by atoms with van der Waals surface area (Å²) in [6.07, 6.45) is 0. The Kier molecular flexibility index (Phi) is 5.61. The zero-order chi connectivity index (χ0) is 13.5. The van der Waals surface area contributed by atoms with E-state index in [-0.39, 0.29) is 24.9 Å². The van der Waals surface area contributed by atoms with Crippen LogP contribution in [0.1, 0.15) is 0 Å². The Morgan fingerprint density at radius 1 is 1.17 bits per heavy atom. The molecule has 0 fully saturated rings. The highest BCUT2D eigenvalue weighted by Crippen LogP contribution is 2.12. The van der Waals surface area contributed by atoms with Crippen LogP contribution in [-0.4, -0.2) is 43.9 Å². The lowest BCUT2D eigenvalue weighted by Gasteiger charge is -2.11. The summed E-state index contributed by atoms with van der Waals surface area (Å²) >= 11 is 5.73.